The van der Waals surface area contributed by atoms with Gasteiger partial charge in [-0.1, -0.05) is 17.7 Å². The summed E-state index contributed by atoms with van der Waals surface area (Å²) in [5, 5.41) is 0. The number of carbonyl (C=O) groups excluding carboxylic acids is 1. The van der Waals surface area contributed by atoms with Gasteiger partial charge in [0.15, 0.2) is 11.5 Å². The number of nitrogens with zero attached hydrogens (tertiary/aromatic N) is 1. The number of fused-ring (bicyclic) bond motifs is 1. The molecule has 0 atom stereocenters. The quantitative estimate of drug-likeness (QED) is 0.765. The molecular weight excluding hydrogens is 334 g/mol. The van der Waals surface area contributed by atoms with Gasteiger partial charge >= 0.3 is 0 Å². The molecular formula is C20H23NO3S. The molecule has 1 aliphatic heterocycles. The lowest BCUT2D eigenvalue weighted by molar-refractivity contribution is -0.129. The van der Waals surface area contributed by atoms with Crippen LogP contribution in [0.25, 0.3) is 0 Å². The summed E-state index contributed by atoms with van der Waals surface area (Å²) >= 11 is 1.60. The van der Waals surface area contributed by atoms with Crippen LogP contribution in [-0.4, -0.2) is 37.3 Å². The van der Waals surface area contributed by atoms with E-state index < -0.39 is 0 Å². The van der Waals surface area contributed by atoms with E-state index in [1.807, 2.05) is 29.2 Å². The van der Waals surface area contributed by atoms with Crippen molar-refractivity contribution in [3.05, 3.63) is 53.1 Å². The molecule has 0 saturated heterocycles. The summed E-state index contributed by atoms with van der Waals surface area (Å²) < 4.78 is 10.7. The van der Waals surface area contributed by atoms with Gasteiger partial charge in [0.2, 0.25) is 5.91 Å². The Bertz CT molecular complexity index is 776. The Morgan fingerprint density at radius 2 is 1.84 bits per heavy atom. The van der Waals surface area contributed by atoms with Crippen molar-refractivity contribution in [3.8, 4) is 11.5 Å². The van der Waals surface area contributed by atoms with Gasteiger partial charge in [0.25, 0.3) is 0 Å². The highest BCUT2D eigenvalue weighted by molar-refractivity contribution is 8.00. The van der Waals surface area contributed by atoms with Gasteiger partial charge in [-0.3, -0.25) is 4.79 Å². The lowest BCUT2D eigenvalue weighted by Gasteiger charge is -2.29. The van der Waals surface area contributed by atoms with Crippen LogP contribution in [0.3, 0.4) is 0 Å². The van der Waals surface area contributed by atoms with E-state index >= 15 is 0 Å². The summed E-state index contributed by atoms with van der Waals surface area (Å²) in [5.74, 6) is 2.10. The maximum Gasteiger partial charge on any atom is 0.233 e. The zero-order valence-electron chi connectivity index (χ0n) is 14.9. The van der Waals surface area contributed by atoms with Crippen LogP contribution in [0.5, 0.6) is 11.5 Å². The van der Waals surface area contributed by atoms with Gasteiger partial charge in [0.05, 0.1) is 20.0 Å². The first kappa shape index (κ1) is 17.7. The smallest absolute Gasteiger partial charge is 0.233 e. The SMILES string of the molecule is COc1cc2c(cc1OC)CN(C(=O)CSc1cccc(C)c1)CC2. The second-order valence-electron chi connectivity index (χ2n) is 6.15. The molecule has 0 saturated carbocycles. The molecule has 132 valence electrons. The van der Waals surface area contributed by atoms with Crippen LogP contribution in [0.2, 0.25) is 0 Å². The predicted octanol–water partition coefficient (Wildman–Crippen LogP) is 3.69. The number of carbonyl (C=O) groups is 1. The predicted molar refractivity (Wildman–Crippen MR) is 101 cm³/mol. The molecule has 2 aromatic rings. The Kier molecular flexibility index (Phi) is 5.53. The molecule has 3 rings (SSSR count). The standard InChI is InChI=1S/C20H23NO3S/c1-14-5-4-6-17(9-14)25-13-20(22)21-8-7-15-10-18(23-2)19(24-3)11-16(15)12-21/h4-6,9-11H,7-8,12-13H2,1-3H3. The Balaban J connectivity index is 1.66. The number of methoxy groups -OCH3 is 2. The largest absolute Gasteiger partial charge is 0.493 e. The van der Waals surface area contributed by atoms with E-state index in [-0.39, 0.29) is 5.91 Å². The van der Waals surface area contributed by atoms with Crippen LogP contribution in [-0.2, 0) is 17.8 Å². The average molecular weight is 357 g/mol. The number of aryl methyl sites for hydroxylation is 1. The topological polar surface area (TPSA) is 38.8 Å². The first-order chi connectivity index (χ1) is 12.1. The normalized spacial score (nSPS) is 13.3. The average Bonchev–Trinajstić information content (AvgIpc) is 2.64. The third-order valence-corrected chi connectivity index (χ3v) is 5.40. The van der Waals surface area contributed by atoms with Crippen molar-refractivity contribution >= 4 is 17.7 Å². The summed E-state index contributed by atoms with van der Waals surface area (Å²) in [6.07, 6.45) is 0.844. The fraction of sp³-hybridized carbons (Fsp3) is 0.350. The van der Waals surface area contributed by atoms with E-state index in [0.29, 0.717) is 18.0 Å². The third-order valence-electron chi connectivity index (χ3n) is 4.42. The van der Waals surface area contributed by atoms with E-state index in [9.17, 15) is 4.79 Å². The molecule has 0 spiro atoms. The van der Waals surface area contributed by atoms with Crippen LogP contribution in [0, 0.1) is 6.92 Å². The molecule has 4 nitrogen and oxygen atoms in total. The van der Waals surface area contributed by atoms with Crippen molar-refractivity contribution in [2.24, 2.45) is 0 Å². The third kappa shape index (κ3) is 4.10. The Labute approximate surface area is 153 Å². The fourth-order valence-electron chi connectivity index (χ4n) is 3.04. The van der Waals surface area contributed by atoms with E-state index in [2.05, 4.69) is 19.1 Å². The summed E-state index contributed by atoms with van der Waals surface area (Å²) in [6, 6.07) is 12.3. The Hall–Kier alpha value is -2.14. The molecule has 0 fully saturated rings. The van der Waals surface area contributed by atoms with E-state index in [0.717, 1.165) is 29.2 Å². The molecule has 0 N–H and O–H groups in total. The van der Waals surface area contributed by atoms with Crippen molar-refractivity contribution in [1.29, 1.82) is 0 Å². The summed E-state index contributed by atoms with van der Waals surface area (Å²) in [7, 11) is 3.28. The summed E-state index contributed by atoms with van der Waals surface area (Å²) in [5.41, 5.74) is 3.58. The minimum Gasteiger partial charge on any atom is -0.493 e. The molecule has 0 aliphatic carbocycles. The first-order valence-corrected chi connectivity index (χ1v) is 9.30. The highest BCUT2D eigenvalue weighted by Gasteiger charge is 2.22. The van der Waals surface area contributed by atoms with E-state index in [1.165, 1.54) is 11.1 Å². The Morgan fingerprint density at radius 1 is 1.12 bits per heavy atom. The number of amides is 1. The van der Waals surface area contributed by atoms with E-state index in [4.69, 9.17) is 9.47 Å². The molecule has 0 aromatic heterocycles. The lowest BCUT2D eigenvalue weighted by atomic mass is 9.99. The molecule has 5 heteroatoms. The second-order valence-corrected chi connectivity index (χ2v) is 7.20. The number of hydrogen-bond donors (Lipinski definition) is 0. The van der Waals surface area contributed by atoms with Gasteiger partial charge in [-0.05, 0) is 48.7 Å². The highest BCUT2D eigenvalue weighted by atomic mass is 32.2. The van der Waals surface area contributed by atoms with Gasteiger partial charge in [-0.25, -0.2) is 0 Å². The minimum absolute atomic E-state index is 0.173. The van der Waals surface area contributed by atoms with Gasteiger partial charge in [0, 0.05) is 18.0 Å². The summed E-state index contributed by atoms with van der Waals surface area (Å²) in [6.45, 7) is 3.44. The zero-order chi connectivity index (χ0) is 17.8. The van der Waals surface area contributed by atoms with Gasteiger partial charge in [-0.15, -0.1) is 11.8 Å². The number of thioether (sulfide) groups is 1. The second kappa shape index (κ2) is 7.83. The number of benzene rings is 2. The highest BCUT2D eigenvalue weighted by Crippen LogP contribution is 2.33. The minimum atomic E-state index is 0.173. The fourth-order valence-corrected chi connectivity index (χ4v) is 3.95. The van der Waals surface area contributed by atoms with Gasteiger partial charge in [-0.2, -0.15) is 0 Å². The molecule has 1 heterocycles. The first-order valence-electron chi connectivity index (χ1n) is 8.31. The van der Waals surface area contributed by atoms with Crippen LogP contribution < -0.4 is 9.47 Å². The maximum absolute atomic E-state index is 12.6. The van der Waals surface area contributed by atoms with Crippen molar-refractivity contribution in [3.63, 3.8) is 0 Å². The molecule has 0 unspecified atom stereocenters. The summed E-state index contributed by atoms with van der Waals surface area (Å²) in [4.78, 5) is 15.7. The lowest BCUT2D eigenvalue weighted by Crippen LogP contribution is -2.37. The Morgan fingerprint density at radius 3 is 2.52 bits per heavy atom. The molecule has 2 aromatic carbocycles. The van der Waals surface area contributed by atoms with Crippen LogP contribution in [0.15, 0.2) is 41.3 Å². The van der Waals surface area contributed by atoms with Crippen molar-refractivity contribution in [2.75, 3.05) is 26.5 Å². The maximum atomic E-state index is 12.6. The van der Waals surface area contributed by atoms with Gasteiger partial charge in [0.1, 0.15) is 0 Å². The molecule has 1 amide bonds. The van der Waals surface area contributed by atoms with Crippen LogP contribution in [0.4, 0.5) is 0 Å². The van der Waals surface area contributed by atoms with Gasteiger partial charge < -0.3 is 14.4 Å². The van der Waals surface area contributed by atoms with E-state index in [1.54, 1.807) is 26.0 Å². The van der Waals surface area contributed by atoms with Crippen LogP contribution >= 0.6 is 11.8 Å². The molecule has 0 radical (unpaired) electrons. The number of rotatable bonds is 5. The van der Waals surface area contributed by atoms with Crippen molar-refractivity contribution in [1.82, 2.24) is 4.90 Å². The number of hydrogen-bond acceptors (Lipinski definition) is 4. The number of ether oxygens (including phenoxy) is 2. The van der Waals surface area contributed by atoms with Crippen LogP contribution in [0.1, 0.15) is 16.7 Å². The monoisotopic (exact) mass is 357 g/mol. The zero-order valence-corrected chi connectivity index (χ0v) is 15.7. The van der Waals surface area contributed by atoms with Crippen molar-refractivity contribution in [2.45, 2.75) is 24.8 Å². The van der Waals surface area contributed by atoms with Crippen molar-refractivity contribution < 1.29 is 14.3 Å². The molecule has 1 aliphatic rings. The molecule has 25 heavy (non-hydrogen) atoms. The molecule has 0 bridgehead atoms.